The number of rotatable bonds is 9. The van der Waals surface area contributed by atoms with Crippen molar-refractivity contribution in [3.05, 3.63) is 0 Å². The zero-order valence-corrected chi connectivity index (χ0v) is 15.5. The second-order valence-electron chi connectivity index (χ2n) is 4.67. The van der Waals surface area contributed by atoms with Crippen molar-refractivity contribution in [3.8, 4) is 0 Å². The third-order valence-electron chi connectivity index (χ3n) is 2.87. The average molecular weight is 401 g/mol. The quantitative estimate of drug-likeness (QED) is 0.279. The summed E-state index contributed by atoms with van der Waals surface area (Å²) in [5.74, 6) is 2.90. The summed E-state index contributed by atoms with van der Waals surface area (Å²) in [4.78, 5) is 6.73. The number of guanidine groups is 1. The van der Waals surface area contributed by atoms with Gasteiger partial charge in [0.2, 0.25) is 0 Å². The van der Waals surface area contributed by atoms with Crippen LogP contribution in [0.4, 0.5) is 0 Å². The van der Waals surface area contributed by atoms with Crippen LogP contribution in [0.1, 0.15) is 19.8 Å². The average Bonchev–Trinajstić information content (AvgIpc) is 3.17. The minimum atomic E-state index is 0. The lowest BCUT2D eigenvalue weighted by Gasteiger charge is -2.22. The molecule has 0 unspecified atom stereocenters. The maximum Gasteiger partial charge on any atom is 0.193 e. The third-order valence-corrected chi connectivity index (χ3v) is 3.47. The molecule has 0 aromatic rings. The lowest BCUT2D eigenvalue weighted by atomic mass is 10.5. The van der Waals surface area contributed by atoms with Gasteiger partial charge in [0.1, 0.15) is 0 Å². The summed E-state index contributed by atoms with van der Waals surface area (Å²) < 4.78 is 5.65. The van der Waals surface area contributed by atoms with E-state index in [0.717, 1.165) is 50.5 Å². The van der Waals surface area contributed by atoms with Crippen LogP contribution in [0.15, 0.2) is 4.99 Å². The van der Waals surface area contributed by atoms with Gasteiger partial charge < -0.3 is 15.0 Å². The van der Waals surface area contributed by atoms with Gasteiger partial charge in [0.15, 0.2) is 5.96 Å². The lowest BCUT2D eigenvalue weighted by molar-refractivity contribution is 0.115. The first-order valence-corrected chi connectivity index (χ1v) is 8.23. The molecule has 1 saturated carbocycles. The van der Waals surface area contributed by atoms with Crippen molar-refractivity contribution in [2.45, 2.75) is 19.8 Å². The second-order valence-corrected chi connectivity index (χ2v) is 5.65. The molecule has 1 N–H and O–H groups in total. The number of ether oxygens (including phenoxy) is 1. The fraction of sp³-hybridized carbons (Fsp3) is 0.923. The Balaban J connectivity index is 0.00000324. The topological polar surface area (TPSA) is 36.9 Å². The Labute approximate surface area is 139 Å². The molecule has 1 aliphatic rings. The van der Waals surface area contributed by atoms with E-state index in [4.69, 9.17) is 4.74 Å². The van der Waals surface area contributed by atoms with Crippen molar-refractivity contribution in [1.29, 1.82) is 0 Å². The molecule has 1 rings (SSSR count). The van der Waals surface area contributed by atoms with Gasteiger partial charge in [-0.05, 0) is 31.9 Å². The summed E-state index contributed by atoms with van der Waals surface area (Å²) in [6.07, 6.45) is 4.82. The molecule has 114 valence electrons. The monoisotopic (exact) mass is 401 g/mol. The van der Waals surface area contributed by atoms with Gasteiger partial charge in [-0.25, -0.2) is 0 Å². The summed E-state index contributed by atoms with van der Waals surface area (Å²) >= 11 is 1.83. The predicted molar refractivity (Wildman–Crippen MR) is 95.9 cm³/mol. The first-order chi connectivity index (χ1) is 8.77. The Morgan fingerprint density at radius 2 is 2.21 bits per heavy atom. The minimum Gasteiger partial charge on any atom is -0.379 e. The third kappa shape index (κ3) is 9.79. The van der Waals surface area contributed by atoms with E-state index in [-0.39, 0.29) is 24.0 Å². The molecule has 0 radical (unpaired) electrons. The normalized spacial score (nSPS) is 15.0. The number of hydrogen-bond acceptors (Lipinski definition) is 3. The maximum absolute atomic E-state index is 5.65. The van der Waals surface area contributed by atoms with Crippen LogP contribution in [0.2, 0.25) is 0 Å². The molecule has 0 amide bonds. The smallest absolute Gasteiger partial charge is 0.193 e. The number of aliphatic imine (C=N–C) groups is 1. The summed E-state index contributed by atoms with van der Waals surface area (Å²) in [5.41, 5.74) is 0. The highest BCUT2D eigenvalue weighted by Gasteiger charge is 2.21. The molecule has 0 bridgehead atoms. The van der Waals surface area contributed by atoms with E-state index >= 15 is 0 Å². The largest absolute Gasteiger partial charge is 0.379 e. The minimum absolute atomic E-state index is 0. The zero-order valence-electron chi connectivity index (χ0n) is 12.4. The van der Waals surface area contributed by atoms with Crippen molar-refractivity contribution >= 4 is 41.7 Å². The SMILES string of the molecule is CCNC(=NCCSC)N(C)CCOCC1CC1.I. The molecule has 0 spiro atoms. The summed E-state index contributed by atoms with van der Waals surface area (Å²) in [6.45, 7) is 6.51. The molecule has 0 aromatic carbocycles. The van der Waals surface area contributed by atoms with Crippen LogP contribution < -0.4 is 5.32 Å². The molecule has 4 nitrogen and oxygen atoms in total. The zero-order chi connectivity index (χ0) is 13.2. The Hall–Kier alpha value is 0.310. The van der Waals surface area contributed by atoms with Gasteiger partial charge in [-0.1, -0.05) is 0 Å². The number of thioether (sulfide) groups is 1. The molecule has 0 aromatic heterocycles. The molecule has 6 heteroatoms. The number of likely N-dealkylation sites (N-methyl/N-ethyl adjacent to an activating group) is 1. The number of nitrogens with zero attached hydrogens (tertiary/aromatic N) is 2. The second kappa shape index (κ2) is 12.1. The number of hydrogen-bond donors (Lipinski definition) is 1. The van der Waals surface area contributed by atoms with E-state index < -0.39 is 0 Å². The van der Waals surface area contributed by atoms with Crippen LogP contribution in [0.3, 0.4) is 0 Å². The van der Waals surface area contributed by atoms with E-state index in [1.807, 2.05) is 11.8 Å². The Morgan fingerprint density at radius 3 is 2.79 bits per heavy atom. The molecule has 0 aliphatic heterocycles. The van der Waals surface area contributed by atoms with Crippen LogP contribution in [0.25, 0.3) is 0 Å². The Bertz CT molecular complexity index is 250. The molecule has 19 heavy (non-hydrogen) atoms. The van der Waals surface area contributed by atoms with Crippen molar-refractivity contribution < 1.29 is 4.74 Å². The summed E-state index contributed by atoms with van der Waals surface area (Å²) in [6, 6.07) is 0. The molecular weight excluding hydrogens is 373 g/mol. The molecule has 0 atom stereocenters. The first-order valence-electron chi connectivity index (χ1n) is 6.84. The fourth-order valence-electron chi connectivity index (χ4n) is 1.55. The lowest BCUT2D eigenvalue weighted by Crippen LogP contribution is -2.40. The Kier molecular flexibility index (Phi) is 12.3. The molecule has 1 aliphatic carbocycles. The highest BCUT2D eigenvalue weighted by Crippen LogP contribution is 2.28. The van der Waals surface area contributed by atoms with Gasteiger partial charge in [0.05, 0.1) is 13.2 Å². The van der Waals surface area contributed by atoms with Crippen LogP contribution in [0, 0.1) is 5.92 Å². The van der Waals surface area contributed by atoms with E-state index in [1.54, 1.807) is 0 Å². The van der Waals surface area contributed by atoms with Crippen LogP contribution >= 0.6 is 35.7 Å². The van der Waals surface area contributed by atoms with Crippen molar-refractivity contribution in [1.82, 2.24) is 10.2 Å². The van der Waals surface area contributed by atoms with Crippen LogP contribution in [-0.4, -0.2) is 62.8 Å². The first kappa shape index (κ1) is 19.3. The highest BCUT2D eigenvalue weighted by atomic mass is 127. The summed E-state index contributed by atoms with van der Waals surface area (Å²) in [5, 5.41) is 3.31. The predicted octanol–water partition coefficient (Wildman–Crippen LogP) is 2.29. The van der Waals surface area contributed by atoms with Gasteiger partial charge in [-0.2, -0.15) is 11.8 Å². The fourth-order valence-corrected chi connectivity index (χ4v) is 1.83. The molecule has 0 saturated heterocycles. The molecular formula is C13H28IN3OS. The van der Waals surface area contributed by atoms with Gasteiger partial charge in [-0.3, -0.25) is 4.99 Å². The van der Waals surface area contributed by atoms with E-state index in [1.165, 1.54) is 12.8 Å². The highest BCUT2D eigenvalue weighted by molar-refractivity contribution is 14.0. The van der Waals surface area contributed by atoms with Gasteiger partial charge in [0.25, 0.3) is 0 Å². The molecule has 0 heterocycles. The van der Waals surface area contributed by atoms with Gasteiger partial charge in [0, 0.05) is 32.5 Å². The van der Waals surface area contributed by atoms with Crippen LogP contribution in [0.5, 0.6) is 0 Å². The van der Waals surface area contributed by atoms with Crippen molar-refractivity contribution in [2.75, 3.05) is 51.9 Å². The van der Waals surface area contributed by atoms with Crippen molar-refractivity contribution in [2.24, 2.45) is 10.9 Å². The van der Waals surface area contributed by atoms with E-state index in [9.17, 15) is 0 Å². The number of halogens is 1. The maximum atomic E-state index is 5.65. The molecule has 1 fully saturated rings. The summed E-state index contributed by atoms with van der Waals surface area (Å²) in [7, 11) is 2.07. The van der Waals surface area contributed by atoms with E-state index in [0.29, 0.717) is 0 Å². The standard InChI is InChI=1S/C13H27N3OS.HI/c1-4-14-13(15-7-10-18-3)16(2)8-9-17-11-12-5-6-12;/h12H,4-11H2,1-3H3,(H,14,15);1H. The van der Waals surface area contributed by atoms with Crippen molar-refractivity contribution in [3.63, 3.8) is 0 Å². The van der Waals surface area contributed by atoms with E-state index in [2.05, 4.69) is 35.4 Å². The van der Waals surface area contributed by atoms with Gasteiger partial charge in [-0.15, -0.1) is 24.0 Å². The number of nitrogens with one attached hydrogen (secondary N) is 1. The van der Waals surface area contributed by atoms with Gasteiger partial charge >= 0.3 is 0 Å². The van der Waals surface area contributed by atoms with Crippen LogP contribution in [-0.2, 0) is 4.74 Å². The Morgan fingerprint density at radius 1 is 1.47 bits per heavy atom.